The Bertz CT molecular complexity index is 246. The quantitative estimate of drug-likeness (QED) is 0.526. The van der Waals surface area contributed by atoms with Crippen molar-refractivity contribution in [2.45, 2.75) is 32.1 Å². The molecule has 0 radical (unpaired) electrons. The van der Waals surface area contributed by atoms with Gasteiger partial charge in [0, 0.05) is 20.1 Å². The lowest BCUT2D eigenvalue weighted by molar-refractivity contribution is -0.144. The minimum atomic E-state index is -0.998. The number of nitrogens with zero attached hydrogens (tertiary/aromatic N) is 1. The maximum Gasteiger partial charge on any atom is 0.323 e. The van der Waals surface area contributed by atoms with Gasteiger partial charge in [-0.05, 0) is 19.4 Å². The Kier molecular flexibility index (Phi) is 10.3. The summed E-state index contributed by atoms with van der Waals surface area (Å²) in [4.78, 5) is 23.8. The van der Waals surface area contributed by atoms with Crippen LogP contribution in [0.2, 0.25) is 0 Å². The molecule has 0 atom stereocenters. The van der Waals surface area contributed by atoms with Crippen LogP contribution in [0.25, 0.3) is 0 Å². The minimum absolute atomic E-state index is 0.123. The molecule has 0 heterocycles. The number of methoxy groups -OCH3 is 1. The van der Waals surface area contributed by atoms with Gasteiger partial charge in [-0.1, -0.05) is 12.8 Å². The number of carboxylic acid groups (broad SMARTS) is 1. The van der Waals surface area contributed by atoms with Crippen LogP contribution in [0.1, 0.15) is 32.1 Å². The highest BCUT2D eigenvalue weighted by molar-refractivity contribution is 5.81. The minimum Gasteiger partial charge on any atom is -0.480 e. The van der Waals surface area contributed by atoms with E-state index in [2.05, 4.69) is 0 Å². The van der Waals surface area contributed by atoms with Crippen LogP contribution < -0.4 is 5.73 Å². The molecule has 6 nitrogen and oxygen atoms in total. The van der Waals surface area contributed by atoms with Crippen LogP contribution in [0.15, 0.2) is 0 Å². The largest absolute Gasteiger partial charge is 0.480 e. The standard InChI is InChI=1S/C12H24N2O4/c1-18-9-8-14(10-12(16)17)11(15)6-4-2-3-5-7-13/h2-10,13H2,1H3,(H,16,17). The number of amides is 1. The van der Waals surface area contributed by atoms with E-state index in [0.717, 1.165) is 25.7 Å². The average Bonchev–Trinajstić information content (AvgIpc) is 2.33. The van der Waals surface area contributed by atoms with Gasteiger partial charge >= 0.3 is 5.97 Å². The molecule has 0 unspecified atom stereocenters. The van der Waals surface area contributed by atoms with Crippen LogP contribution in [0.4, 0.5) is 0 Å². The van der Waals surface area contributed by atoms with Gasteiger partial charge in [0.1, 0.15) is 6.54 Å². The van der Waals surface area contributed by atoms with Crippen molar-refractivity contribution in [3.63, 3.8) is 0 Å². The summed E-state index contributed by atoms with van der Waals surface area (Å²) in [6, 6.07) is 0. The molecule has 0 bridgehead atoms. The SMILES string of the molecule is COCCN(CC(=O)O)C(=O)CCCCCCN. The van der Waals surface area contributed by atoms with Gasteiger partial charge in [0.15, 0.2) is 0 Å². The Morgan fingerprint density at radius 3 is 2.44 bits per heavy atom. The van der Waals surface area contributed by atoms with E-state index in [1.807, 2.05) is 0 Å². The summed E-state index contributed by atoms with van der Waals surface area (Å²) in [6.07, 6.45) is 4.11. The molecule has 0 aliphatic carbocycles. The fraction of sp³-hybridized carbons (Fsp3) is 0.833. The van der Waals surface area contributed by atoms with Crippen LogP contribution in [0.5, 0.6) is 0 Å². The second-order valence-corrected chi connectivity index (χ2v) is 4.15. The van der Waals surface area contributed by atoms with Gasteiger partial charge in [0.2, 0.25) is 5.91 Å². The van der Waals surface area contributed by atoms with Crippen molar-refractivity contribution in [3.8, 4) is 0 Å². The maximum absolute atomic E-state index is 11.8. The van der Waals surface area contributed by atoms with Crippen molar-refractivity contribution in [3.05, 3.63) is 0 Å². The van der Waals surface area contributed by atoms with Crippen LogP contribution in [-0.4, -0.2) is 55.2 Å². The molecule has 0 saturated carbocycles. The lowest BCUT2D eigenvalue weighted by Crippen LogP contribution is -2.37. The summed E-state index contributed by atoms with van der Waals surface area (Å²) in [7, 11) is 1.52. The van der Waals surface area contributed by atoms with Gasteiger partial charge < -0.3 is 20.5 Å². The van der Waals surface area contributed by atoms with Crippen molar-refractivity contribution in [1.82, 2.24) is 4.90 Å². The number of carbonyl (C=O) groups excluding carboxylic acids is 1. The van der Waals surface area contributed by atoms with E-state index in [0.29, 0.717) is 26.1 Å². The van der Waals surface area contributed by atoms with Crippen LogP contribution in [-0.2, 0) is 14.3 Å². The zero-order valence-corrected chi connectivity index (χ0v) is 11.1. The maximum atomic E-state index is 11.8. The monoisotopic (exact) mass is 260 g/mol. The Morgan fingerprint density at radius 1 is 1.22 bits per heavy atom. The molecule has 0 aromatic carbocycles. The molecule has 0 aromatic heterocycles. The summed E-state index contributed by atoms with van der Waals surface area (Å²) in [5.74, 6) is -1.12. The first-order valence-corrected chi connectivity index (χ1v) is 6.30. The Hall–Kier alpha value is -1.14. The molecule has 106 valence electrons. The zero-order chi connectivity index (χ0) is 13.8. The van der Waals surface area contributed by atoms with E-state index in [1.54, 1.807) is 0 Å². The first-order valence-electron chi connectivity index (χ1n) is 6.30. The molecule has 1 amide bonds. The molecule has 18 heavy (non-hydrogen) atoms. The first kappa shape index (κ1) is 16.9. The normalized spacial score (nSPS) is 10.3. The number of rotatable bonds is 11. The van der Waals surface area contributed by atoms with Crippen LogP contribution in [0.3, 0.4) is 0 Å². The van der Waals surface area contributed by atoms with Gasteiger partial charge in [0.05, 0.1) is 6.61 Å². The lowest BCUT2D eigenvalue weighted by Gasteiger charge is -2.20. The van der Waals surface area contributed by atoms with E-state index < -0.39 is 5.97 Å². The predicted molar refractivity (Wildman–Crippen MR) is 68.2 cm³/mol. The van der Waals surface area contributed by atoms with Gasteiger partial charge in [-0.25, -0.2) is 0 Å². The molecular weight excluding hydrogens is 236 g/mol. The highest BCUT2D eigenvalue weighted by atomic mass is 16.5. The topological polar surface area (TPSA) is 92.9 Å². The lowest BCUT2D eigenvalue weighted by atomic mass is 10.1. The molecule has 3 N–H and O–H groups in total. The van der Waals surface area contributed by atoms with E-state index >= 15 is 0 Å². The molecule has 0 fully saturated rings. The molecule has 0 rings (SSSR count). The first-order chi connectivity index (χ1) is 8.61. The summed E-state index contributed by atoms with van der Waals surface area (Å²) >= 11 is 0. The van der Waals surface area contributed by atoms with Gasteiger partial charge in [-0.2, -0.15) is 0 Å². The van der Waals surface area contributed by atoms with Crippen LogP contribution >= 0.6 is 0 Å². The summed E-state index contributed by atoms with van der Waals surface area (Å²) in [6.45, 7) is 1.09. The molecule has 0 aliphatic rings. The second-order valence-electron chi connectivity index (χ2n) is 4.15. The third-order valence-corrected chi connectivity index (χ3v) is 2.59. The highest BCUT2D eigenvalue weighted by Crippen LogP contribution is 2.05. The van der Waals surface area contributed by atoms with E-state index in [1.165, 1.54) is 12.0 Å². The number of ether oxygens (including phenoxy) is 1. The van der Waals surface area contributed by atoms with Crippen molar-refractivity contribution < 1.29 is 19.4 Å². The molecule has 0 saturated heterocycles. The fourth-order valence-electron chi connectivity index (χ4n) is 1.59. The molecule has 0 aromatic rings. The van der Waals surface area contributed by atoms with Gasteiger partial charge in [-0.15, -0.1) is 0 Å². The van der Waals surface area contributed by atoms with Crippen molar-refractivity contribution in [2.75, 3.05) is 33.4 Å². The number of nitrogens with two attached hydrogens (primary N) is 1. The fourth-order valence-corrected chi connectivity index (χ4v) is 1.59. The number of carbonyl (C=O) groups is 2. The van der Waals surface area contributed by atoms with Gasteiger partial charge in [-0.3, -0.25) is 9.59 Å². The summed E-state index contributed by atoms with van der Waals surface area (Å²) in [5.41, 5.74) is 5.37. The van der Waals surface area contributed by atoms with Crippen molar-refractivity contribution >= 4 is 11.9 Å². The number of aliphatic carboxylic acids is 1. The second kappa shape index (κ2) is 11.0. The summed E-state index contributed by atoms with van der Waals surface area (Å²) in [5, 5.41) is 8.73. The third kappa shape index (κ3) is 8.95. The zero-order valence-electron chi connectivity index (χ0n) is 11.1. The van der Waals surface area contributed by atoms with E-state index in [-0.39, 0.29) is 12.5 Å². The Labute approximate surface area is 108 Å². The third-order valence-electron chi connectivity index (χ3n) is 2.59. The number of carboxylic acids is 1. The average molecular weight is 260 g/mol. The number of hydrogen-bond donors (Lipinski definition) is 2. The smallest absolute Gasteiger partial charge is 0.323 e. The van der Waals surface area contributed by atoms with Gasteiger partial charge in [0.25, 0.3) is 0 Å². The molecule has 0 aliphatic heterocycles. The summed E-state index contributed by atoms with van der Waals surface area (Å²) < 4.78 is 4.86. The number of hydrogen-bond acceptors (Lipinski definition) is 4. The molecule has 0 spiro atoms. The Balaban J connectivity index is 3.92. The Morgan fingerprint density at radius 2 is 1.89 bits per heavy atom. The predicted octanol–water partition coefficient (Wildman–Crippen LogP) is 0.455. The van der Waals surface area contributed by atoms with E-state index in [9.17, 15) is 9.59 Å². The molecule has 6 heteroatoms. The number of unbranched alkanes of at least 4 members (excludes halogenated alkanes) is 3. The molecular formula is C12H24N2O4. The van der Waals surface area contributed by atoms with Crippen molar-refractivity contribution in [1.29, 1.82) is 0 Å². The van der Waals surface area contributed by atoms with Crippen LogP contribution in [0, 0.1) is 0 Å². The van der Waals surface area contributed by atoms with E-state index in [4.69, 9.17) is 15.6 Å². The highest BCUT2D eigenvalue weighted by Gasteiger charge is 2.15. The van der Waals surface area contributed by atoms with Crippen molar-refractivity contribution in [2.24, 2.45) is 5.73 Å².